The third-order valence-corrected chi connectivity index (χ3v) is 5.05. The van der Waals surface area contributed by atoms with Crippen LogP contribution >= 0.6 is 0 Å². The summed E-state index contributed by atoms with van der Waals surface area (Å²) in [5.41, 5.74) is 1.72. The number of carbonyl (C=O) groups is 2. The summed E-state index contributed by atoms with van der Waals surface area (Å²) >= 11 is 0. The van der Waals surface area contributed by atoms with Crippen molar-refractivity contribution < 1.29 is 14.3 Å². The van der Waals surface area contributed by atoms with Gasteiger partial charge in [-0.3, -0.25) is 9.59 Å². The second-order valence-electron chi connectivity index (χ2n) is 6.59. The van der Waals surface area contributed by atoms with Crippen molar-refractivity contribution >= 4 is 11.8 Å². The van der Waals surface area contributed by atoms with Crippen LogP contribution in [0.25, 0.3) is 0 Å². The monoisotopic (exact) mass is 286 g/mol. The molecule has 112 valence electrons. The Labute approximate surface area is 125 Å². The Hall–Kier alpha value is -1.64. The standard InChI is InChI=1S/C18H22O3/c1-12-2-5-14(6-3-12)17(19)11-21-18(20)10-16-9-13-4-7-15(16)8-13/h2-3,5-6,13,15-16H,4,7-11H2,1H3/t13-,15+,16-/m0/s1. The van der Waals surface area contributed by atoms with Gasteiger partial charge >= 0.3 is 5.97 Å². The highest BCUT2D eigenvalue weighted by molar-refractivity contribution is 5.97. The molecule has 0 unspecified atom stereocenters. The van der Waals surface area contributed by atoms with Crippen LogP contribution < -0.4 is 0 Å². The molecular weight excluding hydrogens is 264 g/mol. The summed E-state index contributed by atoms with van der Waals surface area (Å²) in [6.07, 6.45) is 5.56. The van der Waals surface area contributed by atoms with Crippen molar-refractivity contribution in [2.24, 2.45) is 17.8 Å². The van der Waals surface area contributed by atoms with Crippen LogP contribution in [0.2, 0.25) is 0 Å². The minimum Gasteiger partial charge on any atom is -0.457 e. The first-order valence-corrected chi connectivity index (χ1v) is 7.87. The SMILES string of the molecule is Cc1ccc(C(=O)COC(=O)C[C@@H]2C[C@H]3CC[C@@H]2C3)cc1. The predicted octanol–water partition coefficient (Wildman–Crippen LogP) is 3.55. The molecule has 3 nitrogen and oxygen atoms in total. The topological polar surface area (TPSA) is 43.4 Å². The number of aryl methyl sites for hydroxylation is 1. The minimum absolute atomic E-state index is 0.128. The van der Waals surface area contributed by atoms with E-state index in [1.807, 2.05) is 19.1 Å². The average Bonchev–Trinajstić information content (AvgIpc) is 3.08. The highest BCUT2D eigenvalue weighted by Crippen LogP contribution is 2.49. The van der Waals surface area contributed by atoms with E-state index in [0.717, 1.165) is 17.4 Å². The van der Waals surface area contributed by atoms with E-state index in [0.29, 0.717) is 17.9 Å². The first kappa shape index (κ1) is 14.3. The maximum absolute atomic E-state index is 11.9. The fourth-order valence-corrected chi connectivity index (χ4v) is 3.87. The molecule has 0 N–H and O–H groups in total. The van der Waals surface area contributed by atoms with E-state index in [1.54, 1.807) is 12.1 Å². The van der Waals surface area contributed by atoms with Crippen LogP contribution in [-0.4, -0.2) is 18.4 Å². The highest BCUT2D eigenvalue weighted by atomic mass is 16.5. The van der Waals surface area contributed by atoms with Crippen LogP contribution in [0.3, 0.4) is 0 Å². The summed E-state index contributed by atoms with van der Waals surface area (Å²) in [7, 11) is 0. The number of hydrogen-bond donors (Lipinski definition) is 0. The van der Waals surface area contributed by atoms with Crippen LogP contribution in [0.1, 0.15) is 48.0 Å². The summed E-state index contributed by atoms with van der Waals surface area (Å²) in [5, 5.41) is 0. The van der Waals surface area contributed by atoms with Crippen molar-refractivity contribution in [2.45, 2.75) is 39.0 Å². The number of benzene rings is 1. The Morgan fingerprint density at radius 2 is 1.90 bits per heavy atom. The average molecular weight is 286 g/mol. The van der Waals surface area contributed by atoms with E-state index in [9.17, 15) is 9.59 Å². The summed E-state index contributed by atoms with van der Waals surface area (Å²) in [5.74, 6) is 1.70. The van der Waals surface area contributed by atoms with Gasteiger partial charge in [-0.15, -0.1) is 0 Å². The van der Waals surface area contributed by atoms with Gasteiger partial charge in [0.1, 0.15) is 0 Å². The number of ether oxygens (including phenoxy) is 1. The van der Waals surface area contributed by atoms with Gasteiger partial charge < -0.3 is 4.74 Å². The molecule has 21 heavy (non-hydrogen) atoms. The molecule has 0 radical (unpaired) electrons. The number of esters is 1. The van der Waals surface area contributed by atoms with Gasteiger partial charge in [0, 0.05) is 12.0 Å². The van der Waals surface area contributed by atoms with Gasteiger partial charge in [0.05, 0.1) is 0 Å². The molecule has 3 atom stereocenters. The first-order chi connectivity index (χ1) is 10.1. The molecule has 2 aliphatic carbocycles. The number of fused-ring (bicyclic) bond motifs is 2. The smallest absolute Gasteiger partial charge is 0.306 e. The predicted molar refractivity (Wildman–Crippen MR) is 80.0 cm³/mol. The van der Waals surface area contributed by atoms with Crippen LogP contribution in [-0.2, 0) is 9.53 Å². The van der Waals surface area contributed by atoms with Crippen molar-refractivity contribution in [1.29, 1.82) is 0 Å². The lowest BCUT2D eigenvalue weighted by molar-refractivity contribution is -0.144. The Bertz CT molecular complexity index is 532. The van der Waals surface area contributed by atoms with Crippen LogP contribution in [0.15, 0.2) is 24.3 Å². The van der Waals surface area contributed by atoms with Crippen molar-refractivity contribution in [3.8, 4) is 0 Å². The van der Waals surface area contributed by atoms with E-state index < -0.39 is 0 Å². The Morgan fingerprint density at radius 1 is 1.14 bits per heavy atom. The van der Waals surface area contributed by atoms with E-state index in [2.05, 4.69) is 0 Å². The molecule has 0 spiro atoms. The van der Waals surface area contributed by atoms with Crippen LogP contribution in [0.5, 0.6) is 0 Å². The van der Waals surface area contributed by atoms with E-state index >= 15 is 0 Å². The molecular formula is C18H22O3. The van der Waals surface area contributed by atoms with Gasteiger partial charge in [-0.2, -0.15) is 0 Å². The molecule has 3 heteroatoms. The summed E-state index contributed by atoms with van der Waals surface area (Å²) in [6.45, 7) is 1.84. The Morgan fingerprint density at radius 3 is 2.52 bits per heavy atom. The maximum atomic E-state index is 11.9. The molecule has 2 aliphatic rings. The molecule has 2 fully saturated rings. The summed E-state index contributed by atoms with van der Waals surface area (Å²) in [4.78, 5) is 23.8. The van der Waals surface area contributed by atoms with Gasteiger partial charge in [0.2, 0.25) is 0 Å². The highest BCUT2D eigenvalue weighted by Gasteiger charge is 2.40. The number of hydrogen-bond acceptors (Lipinski definition) is 3. The van der Waals surface area contributed by atoms with E-state index in [1.165, 1.54) is 25.7 Å². The molecule has 1 aromatic carbocycles. The second-order valence-corrected chi connectivity index (χ2v) is 6.59. The number of carbonyl (C=O) groups excluding carboxylic acids is 2. The number of Topliss-reactive ketones (excluding diaryl/α,β-unsaturated/α-hetero) is 1. The van der Waals surface area contributed by atoms with Crippen molar-refractivity contribution in [1.82, 2.24) is 0 Å². The lowest BCUT2D eigenvalue weighted by Gasteiger charge is -2.20. The van der Waals surface area contributed by atoms with Crippen LogP contribution in [0, 0.1) is 24.7 Å². The zero-order valence-corrected chi connectivity index (χ0v) is 12.5. The molecule has 3 rings (SSSR count). The van der Waals surface area contributed by atoms with Gasteiger partial charge in [0.25, 0.3) is 0 Å². The lowest BCUT2D eigenvalue weighted by Crippen LogP contribution is -2.19. The Kier molecular flexibility index (Phi) is 4.09. The largest absolute Gasteiger partial charge is 0.457 e. The molecule has 0 saturated heterocycles. The van der Waals surface area contributed by atoms with Gasteiger partial charge in [-0.25, -0.2) is 0 Å². The molecule has 1 aromatic rings. The minimum atomic E-state index is -0.215. The normalized spacial score (nSPS) is 26.8. The third kappa shape index (κ3) is 3.34. The molecule has 2 bridgehead atoms. The van der Waals surface area contributed by atoms with E-state index in [4.69, 9.17) is 4.74 Å². The zero-order chi connectivity index (χ0) is 14.8. The van der Waals surface area contributed by atoms with Gasteiger partial charge in [-0.1, -0.05) is 36.2 Å². The zero-order valence-electron chi connectivity index (χ0n) is 12.5. The fourth-order valence-electron chi connectivity index (χ4n) is 3.87. The fraction of sp³-hybridized carbons (Fsp3) is 0.556. The molecule has 0 amide bonds. The lowest BCUT2D eigenvalue weighted by atomic mass is 9.86. The van der Waals surface area contributed by atoms with Crippen LogP contribution in [0.4, 0.5) is 0 Å². The quantitative estimate of drug-likeness (QED) is 0.614. The van der Waals surface area contributed by atoms with Crippen molar-refractivity contribution in [3.05, 3.63) is 35.4 Å². The van der Waals surface area contributed by atoms with E-state index in [-0.39, 0.29) is 18.4 Å². The summed E-state index contributed by atoms with van der Waals surface area (Å²) < 4.78 is 5.17. The molecule has 0 heterocycles. The first-order valence-electron chi connectivity index (χ1n) is 7.87. The molecule has 2 saturated carbocycles. The third-order valence-electron chi connectivity index (χ3n) is 5.05. The van der Waals surface area contributed by atoms with Crippen molar-refractivity contribution in [2.75, 3.05) is 6.61 Å². The second kappa shape index (κ2) is 6.00. The van der Waals surface area contributed by atoms with Crippen molar-refractivity contribution in [3.63, 3.8) is 0 Å². The molecule has 0 aliphatic heterocycles. The molecule has 0 aromatic heterocycles. The Balaban J connectivity index is 1.45. The number of rotatable bonds is 5. The van der Waals surface area contributed by atoms with Gasteiger partial charge in [0.15, 0.2) is 12.4 Å². The maximum Gasteiger partial charge on any atom is 0.306 e. The summed E-state index contributed by atoms with van der Waals surface area (Å²) in [6, 6.07) is 7.34. The number of ketones is 1. The van der Waals surface area contributed by atoms with Gasteiger partial charge in [-0.05, 0) is 43.9 Å².